The van der Waals surface area contributed by atoms with Gasteiger partial charge >= 0.3 is 0 Å². The van der Waals surface area contributed by atoms with Gasteiger partial charge in [0.05, 0.1) is 17.8 Å². The van der Waals surface area contributed by atoms with Crippen molar-refractivity contribution in [1.29, 1.82) is 0 Å². The van der Waals surface area contributed by atoms with Gasteiger partial charge in [0.1, 0.15) is 0 Å². The maximum atomic E-state index is 5.77. The normalized spacial score (nSPS) is 19.1. The van der Waals surface area contributed by atoms with Crippen LogP contribution < -0.4 is 5.32 Å². The number of pyridine rings is 1. The summed E-state index contributed by atoms with van der Waals surface area (Å²) in [5.41, 5.74) is 5.99. The molecule has 0 spiro atoms. The molecular formula is C24H28N4S. The summed E-state index contributed by atoms with van der Waals surface area (Å²) in [5, 5.41) is 4.36. The van der Waals surface area contributed by atoms with Crippen molar-refractivity contribution >= 4 is 17.3 Å². The second-order valence-corrected chi connectivity index (χ2v) is 8.56. The molecule has 0 unspecified atom stereocenters. The molecule has 1 aromatic carbocycles. The summed E-state index contributed by atoms with van der Waals surface area (Å²) in [6, 6.07) is 19.1. The van der Waals surface area contributed by atoms with Crippen molar-refractivity contribution in [1.82, 2.24) is 19.8 Å². The lowest BCUT2D eigenvalue weighted by atomic mass is 9.96. The maximum Gasteiger partial charge on any atom is 0.170 e. The summed E-state index contributed by atoms with van der Waals surface area (Å²) >= 11 is 5.77. The third kappa shape index (κ3) is 3.67. The van der Waals surface area contributed by atoms with Crippen LogP contribution in [0.2, 0.25) is 0 Å². The fourth-order valence-corrected chi connectivity index (χ4v) is 4.71. The Labute approximate surface area is 178 Å². The van der Waals surface area contributed by atoms with E-state index in [1.165, 1.54) is 22.6 Å². The van der Waals surface area contributed by atoms with E-state index in [0.717, 1.165) is 17.4 Å². The minimum Gasteiger partial charge on any atom is -0.352 e. The molecule has 2 aromatic heterocycles. The molecule has 4 rings (SSSR count). The molecule has 5 heteroatoms. The Hall–Kier alpha value is -2.66. The first kappa shape index (κ1) is 19.6. The molecule has 0 amide bonds. The van der Waals surface area contributed by atoms with Crippen LogP contribution in [0.5, 0.6) is 0 Å². The van der Waals surface area contributed by atoms with Crippen molar-refractivity contribution in [2.45, 2.75) is 39.8 Å². The Morgan fingerprint density at radius 1 is 1.07 bits per heavy atom. The summed E-state index contributed by atoms with van der Waals surface area (Å²) in [5.74, 6) is 0.511. The topological polar surface area (TPSA) is 33.1 Å². The first-order valence-corrected chi connectivity index (χ1v) is 10.6. The van der Waals surface area contributed by atoms with Gasteiger partial charge in [0, 0.05) is 29.8 Å². The van der Waals surface area contributed by atoms with Crippen LogP contribution in [0, 0.1) is 19.8 Å². The van der Waals surface area contributed by atoms with Gasteiger partial charge in [-0.2, -0.15) is 0 Å². The predicted octanol–water partition coefficient (Wildman–Crippen LogP) is 5.12. The Balaban J connectivity index is 1.83. The lowest BCUT2D eigenvalue weighted by molar-refractivity contribution is 0.287. The fraction of sp³-hybridized carbons (Fsp3) is 0.333. The number of rotatable bonds is 5. The van der Waals surface area contributed by atoms with Gasteiger partial charge in [-0.3, -0.25) is 4.98 Å². The molecule has 150 valence electrons. The molecule has 3 aromatic rings. The monoisotopic (exact) mass is 404 g/mol. The number of hydrogen-bond donors (Lipinski definition) is 1. The molecule has 1 N–H and O–H groups in total. The highest BCUT2D eigenvalue weighted by atomic mass is 32.1. The van der Waals surface area contributed by atoms with Crippen LogP contribution in [0.25, 0.3) is 5.69 Å². The van der Waals surface area contributed by atoms with Crippen LogP contribution >= 0.6 is 12.2 Å². The van der Waals surface area contributed by atoms with E-state index < -0.39 is 0 Å². The average Bonchev–Trinajstić information content (AvgIpc) is 3.18. The van der Waals surface area contributed by atoms with E-state index in [9.17, 15) is 0 Å². The number of hydrogen-bond acceptors (Lipinski definition) is 2. The number of thiocarbonyl (C=S) groups is 1. The zero-order valence-electron chi connectivity index (χ0n) is 17.5. The summed E-state index contributed by atoms with van der Waals surface area (Å²) < 4.78 is 2.33. The van der Waals surface area contributed by atoms with Crippen LogP contribution in [0.1, 0.15) is 48.6 Å². The molecule has 1 aliphatic heterocycles. The third-order valence-corrected chi connectivity index (χ3v) is 5.92. The van der Waals surface area contributed by atoms with E-state index in [4.69, 9.17) is 12.2 Å². The average molecular weight is 405 g/mol. The number of nitrogens with one attached hydrogen (secondary N) is 1. The van der Waals surface area contributed by atoms with Crippen LogP contribution in [0.4, 0.5) is 0 Å². The smallest absolute Gasteiger partial charge is 0.170 e. The third-order valence-electron chi connectivity index (χ3n) is 5.56. The molecule has 29 heavy (non-hydrogen) atoms. The number of aromatic nitrogens is 2. The largest absolute Gasteiger partial charge is 0.352 e. The first-order valence-electron chi connectivity index (χ1n) is 10.2. The van der Waals surface area contributed by atoms with Crippen molar-refractivity contribution < 1.29 is 0 Å². The van der Waals surface area contributed by atoms with Crippen molar-refractivity contribution in [2.24, 2.45) is 5.92 Å². The predicted molar refractivity (Wildman–Crippen MR) is 122 cm³/mol. The van der Waals surface area contributed by atoms with E-state index in [2.05, 4.69) is 89.9 Å². The first-order chi connectivity index (χ1) is 14.0. The second kappa shape index (κ2) is 7.99. The maximum absolute atomic E-state index is 5.77. The van der Waals surface area contributed by atoms with Crippen LogP contribution in [-0.4, -0.2) is 26.1 Å². The van der Waals surface area contributed by atoms with Gasteiger partial charge in [-0.25, -0.2) is 0 Å². The van der Waals surface area contributed by atoms with E-state index in [0.29, 0.717) is 5.92 Å². The molecule has 0 saturated carbocycles. The van der Waals surface area contributed by atoms with Gasteiger partial charge in [0.15, 0.2) is 5.11 Å². The Morgan fingerprint density at radius 2 is 1.79 bits per heavy atom. The summed E-state index contributed by atoms with van der Waals surface area (Å²) in [6.45, 7) is 9.77. The van der Waals surface area contributed by atoms with Gasteiger partial charge in [-0.15, -0.1) is 0 Å². The molecule has 4 nitrogen and oxygen atoms in total. The summed E-state index contributed by atoms with van der Waals surface area (Å²) in [6.07, 6.45) is 1.86. The lowest BCUT2D eigenvalue weighted by Crippen LogP contribution is -2.33. The van der Waals surface area contributed by atoms with E-state index in [1.54, 1.807) is 0 Å². The molecule has 1 fully saturated rings. The highest BCUT2D eigenvalue weighted by Gasteiger charge is 2.41. The quantitative estimate of drug-likeness (QED) is 0.599. The summed E-state index contributed by atoms with van der Waals surface area (Å²) in [7, 11) is 0. The Bertz CT molecular complexity index is 994. The number of nitrogens with zero attached hydrogens (tertiary/aromatic N) is 3. The second-order valence-electron chi connectivity index (χ2n) is 8.17. The van der Waals surface area contributed by atoms with Crippen molar-refractivity contribution in [3.63, 3.8) is 0 Å². The molecule has 1 aliphatic rings. The molecule has 0 bridgehead atoms. The standard InChI is InChI=1S/C24H28N4S/c1-16(2)15-27-23(22(26-24(27)29)21-12-8-9-13-25-21)20-14-17(3)28(18(20)4)19-10-6-5-7-11-19/h5-14,16,22-23H,15H2,1-4H3,(H,26,29)/t22-,23+/m1/s1. The van der Waals surface area contributed by atoms with Gasteiger partial charge < -0.3 is 14.8 Å². The summed E-state index contributed by atoms with van der Waals surface area (Å²) in [4.78, 5) is 6.99. The molecule has 3 heterocycles. The number of para-hydroxylation sites is 1. The van der Waals surface area contributed by atoms with Crippen molar-refractivity contribution in [3.05, 3.63) is 83.4 Å². The molecular weight excluding hydrogens is 376 g/mol. The Kier molecular flexibility index (Phi) is 5.41. The van der Waals surface area contributed by atoms with Crippen LogP contribution in [-0.2, 0) is 0 Å². The van der Waals surface area contributed by atoms with Gasteiger partial charge in [-0.1, -0.05) is 38.1 Å². The van der Waals surface area contributed by atoms with Crippen LogP contribution in [0.3, 0.4) is 0 Å². The minimum atomic E-state index is 0.0344. The van der Waals surface area contributed by atoms with Crippen molar-refractivity contribution in [2.75, 3.05) is 6.54 Å². The zero-order chi connectivity index (χ0) is 20.5. The van der Waals surface area contributed by atoms with Gasteiger partial charge in [-0.05, 0) is 67.9 Å². The fourth-order valence-electron chi connectivity index (χ4n) is 4.40. The zero-order valence-corrected chi connectivity index (χ0v) is 18.3. The van der Waals surface area contributed by atoms with E-state index >= 15 is 0 Å². The SMILES string of the molecule is Cc1cc([C@H]2[C@@H](c3ccccn3)NC(=S)N2CC(C)C)c(C)n1-c1ccccc1. The minimum absolute atomic E-state index is 0.0344. The molecule has 2 atom stereocenters. The number of aryl methyl sites for hydroxylation is 1. The van der Waals surface area contributed by atoms with E-state index in [1.807, 2.05) is 18.3 Å². The molecule has 0 radical (unpaired) electrons. The molecule has 0 aliphatic carbocycles. The van der Waals surface area contributed by atoms with Crippen LogP contribution in [0.15, 0.2) is 60.8 Å². The lowest BCUT2D eigenvalue weighted by Gasteiger charge is -2.29. The highest BCUT2D eigenvalue weighted by Crippen LogP contribution is 2.41. The molecule has 1 saturated heterocycles. The van der Waals surface area contributed by atoms with Gasteiger partial charge in [0.25, 0.3) is 0 Å². The highest BCUT2D eigenvalue weighted by molar-refractivity contribution is 7.80. The van der Waals surface area contributed by atoms with Gasteiger partial charge in [0.2, 0.25) is 0 Å². The van der Waals surface area contributed by atoms with Crippen molar-refractivity contribution in [3.8, 4) is 5.69 Å². The van der Waals surface area contributed by atoms with E-state index in [-0.39, 0.29) is 12.1 Å². The number of benzene rings is 1. The Morgan fingerprint density at radius 3 is 2.45 bits per heavy atom.